The number of carbonyl (C=O) groups is 1. The number of methoxy groups -OCH3 is 1. The van der Waals surface area contributed by atoms with E-state index in [1.54, 1.807) is 11.4 Å². The number of esters is 1. The summed E-state index contributed by atoms with van der Waals surface area (Å²) in [7, 11) is 3.14. The van der Waals surface area contributed by atoms with Crippen LogP contribution in [-0.2, 0) is 4.74 Å². The lowest BCUT2D eigenvalue weighted by molar-refractivity contribution is -0.539. The van der Waals surface area contributed by atoms with E-state index in [0.717, 1.165) is 0 Å². The largest absolute Gasteiger partial charge is 0.485 e. The number of carbonyl (C=O) groups excluding carboxylic acids is 1. The minimum atomic E-state index is -0.462. The van der Waals surface area contributed by atoms with Gasteiger partial charge in [0.05, 0.1) is 19.2 Å². The molecule has 0 spiro atoms. The van der Waals surface area contributed by atoms with Gasteiger partial charge in [-0.05, 0) is 0 Å². The Morgan fingerprint density at radius 2 is 2.06 bits per heavy atom. The molecule has 0 radical (unpaired) electrons. The van der Waals surface area contributed by atoms with Crippen molar-refractivity contribution in [2.75, 3.05) is 27.4 Å². The third-order valence-electron chi connectivity index (χ3n) is 2.50. The zero-order valence-electron chi connectivity index (χ0n) is 9.58. The molecule has 92 valence electrons. The molecule has 0 saturated carbocycles. The van der Waals surface area contributed by atoms with E-state index in [0.29, 0.717) is 41.0 Å². The quantitative estimate of drug-likeness (QED) is 0.627. The third kappa shape index (κ3) is 2.03. The van der Waals surface area contributed by atoms with Crippen LogP contribution < -0.4 is 14.8 Å². The predicted molar refractivity (Wildman–Crippen MR) is 61.3 cm³/mol. The molecule has 0 unspecified atom stereocenters. The summed E-state index contributed by atoms with van der Waals surface area (Å²) >= 11 is 6.07. The molecule has 0 fully saturated rings. The van der Waals surface area contributed by atoms with E-state index in [1.165, 1.54) is 7.11 Å². The number of hydrogen-bond donors (Lipinski definition) is 1. The second kappa shape index (κ2) is 4.81. The van der Waals surface area contributed by atoms with E-state index in [9.17, 15) is 4.79 Å². The van der Waals surface area contributed by atoms with Crippen molar-refractivity contribution in [1.82, 2.24) is 0 Å². The van der Waals surface area contributed by atoms with Crippen molar-refractivity contribution in [2.24, 2.45) is 0 Å². The van der Waals surface area contributed by atoms with E-state index in [-0.39, 0.29) is 0 Å². The number of ether oxygens (including phenoxy) is 3. The molecule has 0 saturated heterocycles. The number of benzene rings is 1. The zero-order chi connectivity index (χ0) is 12.4. The van der Waals surface area contributed by atoms with Crippen LogP contribution >= 0.6 is 11.6 Å². The second-order valence-corrected chi connectivity index (χ2v) is 3.87. The molecule has 0 aliphatic carbocycles. The average Bonchev–Trinajstić information content (AvgIpc) is 2.37. The number of rotatable bonds is 2. The van der Waals surface area contributed by atoms with Gasteiger partial charge in [-0.2, -0.15) is 0 Å². The van der Waals surface area contributed by atoms with Crippen LogP contribution in [0.15, 0.2) is 6.07 Å². The number of halogens is 1. The van der Waals surface area contributed by atoms with Gasteiger partial charge in [0.1, 0.15) is 18.9 Å². The summed E-state index contributed by atoms with van der Waals surface area (Å²) < 4.78 is 15.6. The van der Waals surface area contributed by atoms with Crippen molar-refractivity contribution < 1.29 is 24.3 Å². The van der Waals surface area contributed by atoms with Crippen molar-refractivity contribution in [3.8, 4) is 11.5 Å². The lowest BCUT2D eigenvalue weighted by Gasteiger charge is -2.21. The molecule has 2 rings (SSSR count). The number of nitrogens with two attached hydrogens (primary N) is 1. The molecular weight excluding hydrogens is 246 g/mol. The fourth-order valence-corrected chi connectivity index (χ4v) is 1.99. The summed E-state index contributed by atoms with van der Waals surface area (Å²) in [5.41, 5.74) is 1.03. The Labute approximate surface area is 104 Å². The standard InChI is InChI=1S/C11H12ClNO4/c1-13-7-5-6(12)9-10(17-4-3-16-9)8(7)11(14)15-2/h5,13H,3-4H2,1-2H3/p+1. The van der Waals surface area contributed by atoms with Gasteiger partial charge in [0.2, 0.25) is 0 Å². The van der Waals surface area contributed by atoms with Gasteiger partial charge < -0.3 is 19.5 Å². The van der Waals surface area contributed by atoms with E-state index >= 15 is 0 Å². The smallest absolute Gasteiger partial charge is 0.347 e. The normalized spacial score (nSPS) is 13.4. The second-order valence-electron chi connectivity index (χ2n) is 3.46. The lowest BCUT2D eigenvalue weighted by atomic mass is 10.1. The molecule has 1 aliphatic heterocycles. The first kappa shape index (κ1) is 12.0. The molecule has 1 aliphatic rings. The molecule has 0 atom stereocenters. The van der Waals surface area contributed by atoms with Gasteiger partial charge in [0.15, 0.2) is 17.1 Å². The molecule has 5 nitrogen and oxygen atoms in total. The Morgan fingerprint density at radius 3 is 2.65 bits per heavy atom. The highest BCUT2D eigenvalue weighted by molar-refractivity contribution is 6.33. The lowest BCUT2D eigenvalue weighted by Crippen LogP contribution is -2.73. The molecule has 2 N–H and O–H groups in total. The molecule has 1 heterocycles. The Kier molecular flexibility index (Phi) is 3.40. The third-order valence-corrected chi connectivity index (χ3v) is 2.78. The fourth-order valence-electron chi connectivity index (χ4n) is 1.73. The van der Waals surface area contributed by atoms with Gasteiger partial charge >= 0.3 is 5.97 Å². The molecule has 0 amide bonds. The number of fused-ring (bicyclic) bond motifs is 1. The van der Waals surface area contributed by atoms with Crippen molar-refractivity contribution in [1.29, 1.82) is 0 Å². The average molecular weight is 259 g/mol. The molecule has 0 bridgehead atoms. The van der Waals surface area contributed by atoms with E-state index in [2.05, 4.69) is 0 Å². The summed E-state index contributed by atoms with van der Waals surface area (Å²) in [4.78, 5) is 11.8. The van der Waals surface area contributed by atoms with Gasteiger partial charge in [-0.3, -0.25) is 0 Å². The van der Waals surface area contributed by atoms with Gasteiger partial charge in [0, 0.05) is 6.07 Å². The van der Waals surface area contributed by atoms with Gasteiger partial charge in [-0.15, -0.1) is 0 Å². The Hall–Kier alpha value is -1.46. The molecule has 0 aromatic heterocycles. The van der Waals surface area contributed by atoms with Crippen molar-refractivity contribution >= 4 is 23.3 Å². The molecule has 6 heteroatoms. The Balaban J connectivity index is 2.64. The summed E-state index contributed by atoms with van der Waals surface area (Å²) in [5, 5.41) is 2.21. The minimum absolute atomic E-state index is 0.356. The maximum atomic E-state index is 11.8. The summed E-state index contributed by atoms with van der Waals surface area (Å²) in [6, 6.07) is 1.67. The molecule has 1 aromatic carbocycles. The Bertz CT molecular complexity index is 461. The monoisotopic (exact) mass is 258 g/mol. The Morgan fingerprint density at radius 1 is 1.41 bits per heavy atom. The first-order valence-electron chi connectivity index (χ1n) is 5.18. The van der Waals surface area contributed by atoms with E-state index < -0.39 is 5.97 Å². The first-order chi connectivity index (χ1) is 8.19. The molecule has 17 heavy (non-hydrogen) atoms. The van der Waals surface area contributed by atoms with Crippen LogP contribution in [0.3, 0.4) is 0 Å². The van der Waals surface area contributed by atoms with Crippen LogP contribution in [0, 0.1) is 0 Å². The zero-order valence-corrected chi connectivity index (χ0v) is 10.3. The molecular formula is C11H13ClNO4+. The SMILES string of the molecule is C[NH2+]c1cc(Cl)c2c(c1C(=O)OC)OCCO2. The predicted octanol–water partition coefficient (Wildman–Crippen LogP) is 0.723. The van der Waals surface area contributed by atoms with Gasteiger partial charge in [-0.1, -0.05) is 11.6 Å². The maximum Gasteiger partial charge on any atom is 0.347 e. The highest BCUT2D eigenvalue weighted by atomic mass is 35.5. The number of hydrogen-bond acceptors (Lipinski definition) is 4. The topological polar surface area (TPSA) is 61.4 Å². The first-order valence-corrected chi connectivity index (χ1v) is 5.56. The number of quaternary nitrogens is 1. The maximum absolute atomic E-state index is 11.8. The fraction of sp³-hybridized carbons (Fsp3) is 0.364. The van der Waals surface area contributed by atoms with Crippen LogP contribution in [0.1, 0.15) is 10.4 Å². The van der Waals surface area contributed by atoms with Crippen LogP contribution in [0.25, 0.3) is 0 Å². The summed E-state index contributed by atoms with van der Waals surface area (Å²) in [5.74, 6) is 0.309. The summed E-state index contributed by atoms with van der Waals surface area (Å²) in [6.45, 7) is 0.809. The van der Waals surface area contributed by atoms with Gasteiger partial charge in [0.25, 0.3) is 0 Å². The van der Waals surface area contributed by atoms with Crippen LogP contribution in [0.4, 0.5) is 5.69 Å². The minimum Gasteiger partial charge on any atom is -0.485 e. The van der Waals surface area contributed by atoms with E-state index in [4.69, 9.17) is 25.8 Å². The highest BCUT2D eigenvalue weighted by Crippen LogP contribution is 2.43. The van der Waals surface area contributed by atoms with E-state index in [1.807, 2.05) is 7.05 Å². The summed E-state index contributed by atoms with van der Waals surface area (Å²) in [6.07, 6.45) is 0. The van der Waals surface area contributed by atoms with Crippen LogP contribution in [0.5, 0.6) is 11.5 Å². The van der Waals surface area contributed by atoms with Crippen molar-refractivity contribution in [2.45, 2.75) is 0 Å². The van der Waals surface area contributed by atoms with Crippen LogP contribution in [-0.4, -0.2) is 33.3 Å². The molecule has 1 aromatic rings. The van der Waals surface area contributed by atoms with Crippen molar-refractivity contribution in [3.63, 3.8) is 0 Å². The van der Waals surface area contributed by atoms with Crippen LogP contribution in [0.2, 0.25) is 5.02 Å². The van der Waals surface area contributed by atoms with Crippen molar-refractivity contribution in [3.05, 3.63) is 16.7 Å². The van der Waals surface area contributed by atoms with Gasteiger partial charge in [-0.25, -0.2) is 4.79 Å². The highest BCUT2D eigenvalue weighted by Gasteiger charge is 2.29.